The number of benzene rings is 1. The normalized spacial score (nSPS) is 22.4. The van der Waals surface area contributed by atoms with E-state index in [1.807, 2.05) is 26.0 Å². The molecule has 2 rings (SSSR count). The van der Waals surface area contributed by atoms with Gasteiger partial charge in [-0.25, -0.2) is 0 Å². The maximum absolute atomic E-state index is 12.2. The number of nitrogens with one attached hydrogen (secondary N) is 1. The molecular formula is C21H34N2O2. The van der Waals surface area contributed by atoms with Gasteiger partial charge in [0.05, 0.1) is 0 Å². The lowest BCUT2D eigenvalue weighted by molar-refractivity contribution is -0.127. The molecule has 1 heterocycles. The highest BCUT2D eigenvalue weighted by Gasteiger charge is 2.21. The number of aryl methyl sites for hydroxylation is 1. The van der Waals surface area contributed by atoms with Gasteiger partial charge >= 0.3 is 0 Å². The molecule has 140 valence electrons. The number of hydrogen-bond donors (Lipinski definition) is 1. The van der Waals surface area contributed by atoms with Crippen molar-refractivity contribution in [1.82, 2.24) is 10.2 Å². The van der Waals surface area contributed by atoms with Gasteiger partial charge in [0.15, 0.2) is 6.10 Å². The fraction of sp³-hybridized carbons (Fsp3) is 0.667. The van der Waals surface area contributed by atoms with Crippen molar-refractivity contribution in [2.24, 2.45) is 11.8 Å². The molecule has 1 aliphatic heterocycles. The molecule has 1 aliphatic rings. The highest BCUT2D eigenvalue weighted by Crippen LogP contribution is 2.22. The third-order valence-electron chi connectivity index (χ3n) is 5.12. The van der Waals surface area contributed by atoms with E-state index in [9.17, 15) is 4.79 Å². The predicted octanol–water partition coefficient (Wildman–Crippen LogP) is 3.55. The van der Waals surface area contributed by atoms with Crippen molar-refractivity contribution in [3.05, 3.63) is 29.3 Å². The SMILES string of the molecule is Cc1cccc(O[C@@H](C)C(=O)NCCCN2C[C@H](C)C[C@H](C)C2)c1C. The summed E-state index contributed by atoms with van der Waals surface area (Å²) in [6.45, 7) is 14.7. The second-order valence-corrected chi connectivity index (χ2v) is 7.81. The summed E-state index contributed by atoms with van der Waals surface area (Å²) in [5.41, 5.74) is 2.27. The molecule has 4 heteroatoms. The number of ether oxygens (including phenoxy) is 1. The third-order valence-corrected chi connectivity index (χ3v) is 5.12. The molecule has 0 bridgehead atoms. The Balaban J connectivity index is 1.70. The van der Waals surface area contributed by atoms with Crippen LogP contribution in [0.5, 0.6) is 5.75 Å². The molecule has 4 nitrogen and oxygen atoms in total. The summed E-state index contributed by atoms with van der Waals surface area (Å²) in [5, 5.41) is 3.01. The molecule has 1 fully saturated rings. The van der Waals surface area contributed by atoms with Gasteiger partial charge in [0.25, 0.3) is 5.91 Å². The molecule has 0 radical (unpaired) electrons. The third kappa shape index (κ3) is 6.03. The first-order chi connectivity index (χ1) is 11.9. The summed E-state index contributed by atoms with van der Waals surface area (Å²) >= 11 is 0. The monoisotopic (exact) mass is 346 g/mol. The molecule has 1 N–H and O–H groups in total. The van der Waals surface area contributed by atoms with Crippen LogP contribution in [0.3, 0.4) is 0 Å². The number of amides is 1. The number of nitrogens with zero attached hydrogens (tertiary/aromatic N) is 1. The first-order valence-electron chi connectivity index (χ1n) is 9.59. The Morgan fingerprint density at radius 2 is 1.96 bits per heavy atom. The van der Waals surface area contributed by atoms with Crippen LogP contribution in [0.2, 0.25) is 0 Å². The molecule has 1 amide bonds. The topological polar surface area (TPSA) is 41.6 Å². The number of piperidine rings is 1. The number of likely N-dealkylation sites (tertiary alicyclic amines) is 1. The lowest BCUT2D eigenvalue weighted by atomic mass is 9.92. The molecule has 0 aliphatic carbocycles. The van der Waals surface area contributed by atoms with Crippen LogP contribution in [0.4, 0.5) is 0 Å². The van der Waals surface area contributed by atoms with E-state index in [4.69, 9.17) is 4.74 Å². The minimum atomic E-state index is -0.476. The van der Waals surface area contributed by atoms with Crippen LogP contribution < -0.4 is 10.1 Å². The van der Waals surface area contributed by atoms with Crippen LogP contribution in [-0.4, -0.2) is 43.1 Å². The maximum Gasteiger partial charge on any atom is 0.260 e. The molecule has 0 spiro atoms. The summed E-state index contributed by atoms with van der Waals surface area (Å²) in [6, 6.07) is 5.93. The van der Waals surface area contributed by atoms with Crippen molar-refractivity contribution in [3.63, 3.8) is 0 Å². The van der Waals surface area contributed by atoms with E-state index in [1.165, 1.54) is 25.1 Å². The fourth-order valence-corrected chi connectivity index (χ4v) is 3.73. The second kappa shape index (κ2) is 9.23. The van der Waals surface area contributed by atoms with Gasteiger partial charge in [-0.05, 0) is 69.2 Å². The Labute approximate surface area is 152 Å². The van der Waals surface area contributed by atoms with Gasteiger partial charge in [-0.15, -0.1) is 0 Å². The van der Waals surface area contributed by atoms with Gasteiger partial charge in [-0.3, -0.25) is 4.79 Å². The van der Waals surface area contributed by atoms with Crippen LogP contribution in [-0.2, 0) is 4.79 Å². The van der Waals surface area contributed by atoms with Gasteiger partial charge in [-0.2, -0.15) is 0 Å². The van der Waals surface area contributed by atoms with Gasteiger partial charge in [0.1, 0.15) is 5.75 Å². The van der Waals surface area contributed by atoms with Crippen molar-refractivity contribution in [2.45, 2.75) is 53.6 Å². The Kier molecular flexibility index (Phi) is 7.30. The number of carbonyl (C=O) groups is 1. The zero-order valence-corrected chi connectivity index (χ0v) is 16.5. The minimum absolute atomic E-state index is 0.0405. The van der Waals surface area contributed by atoms with Crippen molar-refractivity contribution in [3.8, 4) is 5.75 Å². The summed E-state index contributed by atoms with van der Waals surface area (Å²) in [5.74, 6) is 2.31. The Bertz CT molecular complexity index is 563. The van der Waals surface area contributed by atoms with Crippen molar-refractivity contribution in [1.29, 1.82) is 0 Å². The second-order valence-electron chi connectivity index (χ2n) is 7.81. The van der Waals surface area contributed by atoms with Gasteiger partial charge < -0.3 is 15.0 Å². The highest BCUT2D eigenvalue weighted by atomic mass is 16.5. The van der Waals surface area contributed by atoms with E-state index in [0.717, 1.165) is 36.1 Å². The Morgan fingerprint density at radius 3 is 2.64 bits per heavy atom. The molecule has 1 saturated heterocycles. The number of hydrogen-bond acceptors (Lipinski definition) is 3. The first-order valence-corrected chi connectivity index (χ1v) is 9.59. The van der Waals surface area contributed by atoms with E-state index in [0.29, 0.717) is 6.54 Å². The van der Waals surface area contributed by atoms with Crippen molar-refractivity contribution in [2.75, 3.05) is 26.2 Å². The zero-order chi connectivity index (χ0) is 18.4. The van der Waals surface area contributed by atoms with Crippen LogP contribution in [0, 0.1) is 25.7 Å². The molecular weight excluding hydrogens is 312 g/mol. The fourth-order valence-electron chi connectivity index (χ4n) is 3.73. The largest absolute Gasteiger partial charge is 0.481 e. The van der Waals surface area contributed by atoms with Gasteiger partial charge in [0, 0.05) is 19.6 Å². The van der Waals surface area contributed by atoms with Crippen LogP contribution in [0.1, 0.15) is 44.7 Å². The molecule has 25 heavy (non-hydrogen) atoms. The number of carbonyl (C=O) groups excluding carboxylic acids is 1. The van der Waals surface area contributed by atoms with Gasteiger partial charge in [-0.1, -0.05) is 26.0 Å². The molecule has 3 atom stereocenters. The molecule has 0 aromatic heterocycles. The van der Waals surface area contributed by atoms with Crippen LogP contribution in [0.25, 0.3) is 0 Å². The maximum atomic E-state index is 12.2. The zero-order valence-electron chi connectivity index (χ0n) is 16.5. The Hall–Kier alpha value is -1.55. The standard InChI is InChI=1S/C21H34N2O2/c1-15-12-16(2)14-23(13-15)11-7-10-22-21(24)19(5)25-20-9-6-8-17(3)18(20)4/h6,8-9,15-16,19H,7,10-14H2,1-5H3,(H,22,24)/t15-,16+,19-/m0/s1. The minimum Gasteiger partial charge on any atom is -0.481 e. The number of rotatable bonds is 7. The predicted molar refractivity (Wildman–Crippen MR) is 103 cm³/mol. The summed E-state index contributed by atoms with van der Waals surface area (Å²) in [7, 11) is 0. The van der Waals surface area contributed by atoms with Crippen molar-refractivity contribution < 1.29 is 9.53 Å². The quantitative estimate of drug-likeness (QED) is 0.768. The highest BCUT2D eigenvalue weighted by molar-refractivity contribution is 5.80. The van der Waals surface area contributed by atoms with E-state index < -0.39 is 6.10 Å². The lowest BCUT2D eigenvalue weighted by Crippen LogP contribution is -2.41. The smallest absolute Gasteiger partial charge is 0.260 e. The first kappa shape index (κ1) is 19.8. The molecule has 0 saturated carbocycles. The van der Waals surface area contributed by atoms with E-state index >= 15 is 0 Å². The van der Waals surface area contributed by atoms with Gasteiger partial charge in [0.2, 0.25) is 0 Å². The van der Waals surface area contributed by atoms with Crippen LogP contribution >= 0.6 is 0 Å². The lowest BCUT2D eigenvalue weighted by Gasteiger charge is -2.34. The molecule has 0 unspecified atom stereocenters. The van der Waals surface area contributed by atoms with E-state index in [2.05, 4.69) is 37.1 Å². The summed E-state index contributed by atoms with van der Waals surface area (Å²) in [6.07, 6.45) is 1.84. The summed E-state index contributed by atoms with van der Waals surface area (Å²) < 4.78 is 5.84. The molecule has 1 aromatic rings. The van der Waals surface area contributed by atoms with E-state index in [-0.39, 0.29) is 5.91 Å². The molecule has 1 aromatic carbocycles. The van der Waals surface area contributed by atoms with E-state index in [1.54, 1.807) is 0 Å². The van der Waals surface area contributed by atoms with Crippen LogP contribution in [0.15, 0.2) is 18.2 Å². The van der Waals surface area contributed by atoms with Crippen molar-refractivity contribution >= 4 is 5.91 Å². The average molecular weight is 347 g/mol. The Morgan fingerprint density at radius 1 is 1.28 bits per heavy atom. The average Bonchev–Trinajstić information content (AvgIpc) is 2.54. The summed E-state index contributed by atoms with van der Waals surface area (Å²) in [4.78, 5) is 14.8.